The first-order valence-corrected chi connectivity index (χ1v) is 7.31. The summed E-state index contributed by atoms with van der Waals surface area (Å²) in [6.07, 6.45) is -1.70. The Morgan fingerprint density at radius 2 is 2.13 bits per heavy atom. The average molecular weight is 324 g/mol. The first kappa shape index (κ1) is 15.9. The largest absolute Gasteiger partial charge is 0.462 e. The molecule has 0 amide bonds. The van der Waals surface area contributed by atoms with Crippen molar-refractivity contribution < 1.29 is 28.5 Å². The molecule has 1 aromatic heterocycles. The van der Waals surface area contributed by atoms with E-state index in [2.05, 4.69) is 0 Å². The molecule has 1 aromatic carbocycles. The smallest absolute Gasteiger partial charge is 0.336 e. The van der Waals surface area contributed by atoms with Gasteiger partial charge in [-0.3, -0.25) is 0 Å². The lowest BCUT2D eigenvalue weighted by Gasteiger charge is -2.32. The Hall–Kier alpha value is -1.96. The molecule has 7 heteroatoms. The molecule has 1 saturated heterocycles. The molecule has 2 aromatic rings. The van der Waals surface area contributed by atoms with Crippen LogP contribution < -0.4 is 10.4 Å². The Balaban J connectivity index is 1.90. The lowest BCUT2D eigenvalue weighted by Crippen LogP contribution is -2.40. The Morgan fingerprint density at radius 3 is 2.87 bits per heavy atom. The van der Waals surface area contributed by atoms with Gasteiger partial charge in [0.25, 0.3) is 0 Å². The Labute approximate surface area is 131 Å². The fourth-order valence-corrected chi connectivity index (χ4v) is 2.69. The topological polar surface area (TPSA) is 89.1 Å². The quantitative estimate of drug-likeness (QED) is 0.831. The van der Waals surface area contributed by atoms with Crippen LogP contribution >= 0.6 is 0 Å². The molecule has 2 heterocycles. The summed E-state index contributed by atoms with van der Waals surface area (Å²) in [6.45, 7) is 1.43. The third-order valence-electron chi connectivity index (χ3n) is 3.81. The number of ether oxygens (including phenoxy) is 2. The number of halogens is 1. The molecule has 1 aliphatic rings. The van der Waals surface area contributed by atoms with Crippen LogP contribution in [0.3, 0.4) is 0 Å². The summed E-state index contributed by atoms with van der Waals surface area (Å²) in [5, 5.41) is 19.4. The Kier molecular flexibility index (Phi) is 4.34. The van der Waals surface area contributed by atoms with Crippen molar-refractivity contribution in [2.45, 2.75) is 38.3 Å². The van der Waals surface area contributed by atoms with E-state index in [1.165, 1.54) is 18.2 Å². The summed E-state index contributed by atoms with van der Waals surface area (Å²) in [5.74, 6) is -0.763. The summed E-state index contributed by atoms with van der Waals surface area (Å²) >= 11 is 0. The van der Waals surface area contributed by atoms with E-state index in [-0.39, 0.29) is 24.4 Å². The molecule has 2 N–H and O–H groups in total. The molecular formula is C16H17FO6. The van der Waals surface area contributed by atoms with E-state index in [0.717, 1.165) is 0 Å². The van der Waals surface area contributed by atoms with Gasteiger partial charge in [-0.2, -0.15) is 0 Å². The van der Waals surface area contributed by atoms with Gasteiger partial charge in [-0.05, 0) is 18.6 Å². The van der Waals surface area contributed by atoms with E-state index in [4.69, 9.17) is 19.0 Å². The highest BCUT2D eigenvalue weighted by Gasteiger charge is 2.30. The second-order valence-electron chi connectivity index (χ2n) is 5.64. The monoisotopic (exact) mass is 324 g/mol. The predicted molar refractivity (Wildman–Crippen MR) is 78.8 cm³/mol. The van der Waals surface area contributed by atoms with Gasteiger partial charge in [0.1, 0.15) is 5.58 Å². The second kappa shape index (κ2) is 6.27. The first-order valence-electron chi connectivity index (χ1n) is 7.31. The highest BCUT2D eigenvalue weighted by Crippen LogP contribution is 2.29. The van der Waals surface area contributed by atoms with Crippen molar-refractivity contribution in [1.82, 2.24) is 0 Å². The van der Waals surface area contributed by atoms with Crippen molar-refractivity contribution in [2.24, 2.45) is 0 Å². The van der Waals surface area contributed by atoms with Gasteiger partial charge >= 0.3 is 5.63 Å². The number of rotatable bonds is 3. The Morgan fingerprint density at radius 1 is 1.35 bits per heavy atom. The molecule has 2 unspecified atom stereocenters. The van der Waals surface area contributed by atoms with Crippen LogP contribution in [0.5, 0.6) is 5.75 Å². The van der Waals surface area contributed by atoms with Gasteiger partial charge in [-0.15, -0.1) is 0 Å². The standard InChI is InChI=1S/C16H17FO6/c1-8-2-15(20)22-13-6-14(12(17)5-11(8)13)23-16-4-9(19)3-10(7-18)21-16/h2,5-6,9-10,16,18-19H,3-4,7H2,1H3/t9?,10?,16-/m1/s1. The van der Waals surface area contributed by atoms with Crippen molar-refractivity contribution in [3.63, 3.8) is 0 Å². The van der Waals surface area contributed by atoms with E-state index < -0.39 is 29.9 Å². The van der Waals surface area contributed by atoms with Gasteiger partial charge in [-0.1, -0.05) is 0 Å². The molecule has 23 heavy (non-hydrogen) atoms. The van der Waals surface area contributed by atoms with Gasteiger partial charge in [-0.25, -0.2) is 9.18 Å². The van der Waals surface area contributed by atoms with Crippen LogP contribution in [0.25, 0.3) is 11.0 Å². The molecule has 0 spiro atoms. The molecule has 3 rings (SSSR count). The summed E-state index contributed by atoms with van der Waals surface area (Å²) in [4.78, 5) is 11.4. The van der Waals surface area contributed by atoms with Crippen molar-refractivity contribution in [1.29, 1.82) is 0 Å². The number of aliphatic hydroxyl groups is 2. The van der Waals surface area contributed by atoms with Crippen molar-refractivity contribution in [3.8, 4) is 5.75 Å². The van der Waals surface area contributed by atoms with Gasteiger partial charge in [0.15, 0.2) is 11.6 Å². The SMILES string of the molecule is Cc1cc(=O)oc2cc(O[C@@H]3CC(O)CC(CO)O3)c(F)cc12. The number of hydrogen-bond acceptors (Lipinski definition) is 6. The van der Waals surface area contributed by atoms with Crippen LogP contribution in [0.2, 0.25) is 0 Å². The molecule has 0 saturated carbocycles. The van der Waals surface area contributed by atoms with E-state index >= 15 is 0 Å². The number of aliphatic hydroxyl groups excluding tert-OH is 2. The summed E-state index contributed by atoms with van der Waals surface area (Å²) in [7, 11) is 0. The number of fused-ring (bicyclic) bond motifs is 1. The van der Waals surface area contributed by atoms with Crippen LogP contribution in [0.1, 0.15) is 18.4 Å². The lowest BCUT2D eigenvalue weighted by atomic mass is 10.1. The predicted octanol–water partition coefficient (Wildman–Crippen LogP) is 1.48. The molecular weight excluding hydrogens is 307 g/mol. The minimum atomic E-state index is -0.889. The first-order chi connectivity index (χ1) is 11.0. The third kappa shape index (κ3) is 3.36. The fraction of sp³-hybridized carbons (Fsp3) is 0.438. The molecule has 6 nitrogen and oxygen atoms in total. The van der Waals surface area contributed by atoms with E-state index in [1.807, 2.05) is 0 Å². The van der Waals surface area contributed by atoms with Crippen molar-refractivity contribution in [2.75, 3.05) is 6.61 Å². The van der Waals surface area contributed by atoms with Crippen LogP contribution in [-0.2, 0) is 4.74 Å². The Bertz CT molecular complexity index is 771. The molecule has 124 valence electrons. The molecule has 0 radical (unpaired) electrons. The van der Waals surface area contributed by atoms with Crippen molar-refractivity contribution in [3.05, 3.63) is 40.0 Å². The highest BCUT2D eigenvalue weighted by molar-refractivity contribution is 5.81. The zero-order valence-corrected chi connectivity index (χ0v) is 12.5. The third-order valence-corrected chi connectivity index (χ3v) is 3.81. The van der Waals surface area contributed by atoms with Gasteiger partial charge in [0.2, 0.25) is 6.29 Å². The fourth-order valence-electron chi connectivity index (χ4n) is 2.69. The maximum absolute atomic E-state index is 14.2. The zero-order chi connectivity index (χ0) is 16.6. The van der Waals surface area contributed by atoms with Crippen LogP contribution in [-0.4, -0.2) is 35.3 Å². The van der Waals surface area contributed by atoms with E-state index in [0.29, 0.717) is 17.4 Å². The van der Waals surface area contributed by atoms with E-state index in [9.17, 15) is 14.3 Å². The number of hydrogen-bond donors (Lipinski definition) is 2. The number of aryl methyl sites for hydroxylation is 1. The molecule has 1 fully saturated rings. The summed E-state index contributed by atoms with van der Waals surface area (Å²) < 4.78 is 30.2. The maximum atomic E-state index is 14.2. The van der Waals surface area contributed by atoms with Gasteiger partial charge in [0, 0.05) is 30.4 Å². The maximum Gasteiger partial charge on any atom is 0.336 e. The summed E-state index contributed by atoms with van der Waals surface area (Å²) in [5.41, 5.74) is 0.282. The van der Waals surface area contributed by atoms with Crippen LogP contribution in [0.15, 0.2) is 27.4 Å². The summed E-state index contributed by atoms with van der Waals surface area (Å²) in [6, 6.07) is 3.80. The zero-order valence-electron chi connectivity index (χ0n) is 12.5. The minimum Gasteiger partial charge on any atom is -0.462 e. The average Bonchev–Trinajstić information content (AvgIpc) is 2.48. The minimum absolute atomic E-state index is 0.137. The molecule has 3 atom stereocenters. The number of benzene rings is 1. The second-order valence-corrected chi connectivity index (χ2v) is 5.64. The van der Waals surface area contributed by atoms with Gasteiger partial charge < -0.3 is 24.1 Å². The van der Waals surface area contributed by atoms with Crippen LogP contribution in [0.4, 0.5) is 4.39 Å². The highest BCUT2D eigenvalue weighted by atomic mass is 19.1. The lowest BCUT2D eigenvalue weighted by molar-refractivity contribution is -0.185. The molecule has 0 bridgehead atoms. The van der Waals surface area contributed by atoms with Crippen molar-refractivity contribution >= 4 is 11.0 Å². The van der Waals surface area contributed by atoms with Gasteiger partial charge in [0.05, 0.1) is 18.8 Å². The normalized spacial score (nSPS) is 24.8. The molecule has 1 aliphatic heterocycles. The van der Waals surface area contributed by atoms with E-state index in [1.54, 1.807) is 6.92 Å². The van der Waals surface area contributed by atoms with Crippen LogP contribution in [0, 0.1) is 12.7 Å². The molecule has 0 aliphatic carbocycles.